The zero-order chi connectivity index (χ0) is 33.0. The Morgan fingerprint density at radius 3 is 2.90 bits per heavy atom. The normalized spacial score (nSPS) is 26.8. The summed E-state index contributed by atoms with van der Waals surface area (Å²) in [6.45, 7) is 7.85. The minimum absolute atomic E-state index is 0.0163. The van der Waals surface area contributed by atoms with Crippen molar-refractivity contribution in [2.45, 2.75) is 83.0 Å². The third kappa shape index (κ3) is 5.32. The van der Waals surface area contributed by atoms with E-state index in [1.54, 1.807) is 12.1 Å². The number of anilines is 1. The minimum atomic E-state index is -0.849. The first-order chi connectivity index (χ1) is 23.4. The maximum Gasteiger partial charge on any atom is 0.319 e. The van der Waals surface area contributed by atoms with Crippen molar-refractivity contribution < 1.29 is 23.4 Å². The molecule has 0 amide bonds. The van der Waals surface area contributed by atoms with Crippen LogP contribution >= 0.6 is 0 Å². The van der Waals surface area contributed by atoms with Gasteiger partial charge in [-0.05, 0) is 79.3 Å². The number of aromatic nitrogens is 3. The molecule has 4 heterocycles. The van der Waals surface area contributed by atoms with Crippen molar-refractivity contribution in [3.8, 4) is 28.9 Å². The Morgan fingerprint density at radius 2 is 2.04 bits per heavy atom. The molecular formula is C38H43F2N5O3. The van der Waals surface area contributed by atoms with Gasteiger partial charge in [-0.3, -0.25) is 0 Å². The molecule has 10 heteroatoms. The monoisotopic (exact) mass is 655 g/mol. The van der Waals surface area contributed by atoms with Gasteiger partial charge in [0.15, 0.2) is 5.82 Å². The fraction of sp³-hybridized carbons (Fsp3) is 0.500. The standard InChI is InChI=1S/C38H43F2N5O3/c1-3-8-26-19-45-27(18-41-26)20-47-36-31-34(32(40)33(42-36)29-16-28(46)15-23-10-5-9-22(4-2)30(23)29)43-37(44-35(31)45)48-21-38-14-7-12-24(38)11-6-13-25(39)17-38/h3,5,9-10,15-16,24-27,41,46H,1,4,6-8,11-14,17-21H2,2H3/t24?,25-,26-,27+,38-/m1/s1. The highest BCUT2D eigenvalue weighted by molar-refractivity contribution is 6.03. The highest BCUT2D eigenvalue weighted by Crippen LogP contribution is 2.52. The lowest BCUT2D eigenvalue weighted by molar-refractivity contribution is 0.0649. The van der Waals surface area contributed by atoms with Crippen LogP contribution in [0.4, 0.5) is 14.6 Å². The summed E-state index contributed by atoms with van der Waals surface area (Å²) in [6, 6.07) is 9.22. The van der Waals surface area contributed by atoms with E-state index in [-0.39, 0.29) is 46.3 Å². The summed E-state index contributed by atoms with van der Waals surface area (Å²) >= 11 is 0. The predicted octanol–water partition coefficient (Wildman–Crippen LogP) is 7.44. The quantitative estimate of drug-likeness (QED) is 0.199. The van der Waals surface area contributed by atoms with Crippen LogP contribution in [0.1, 0.15) is 63.9 Å². The molecule has 8 nitrogen and oxygen atoms in total. The van der Waals surface area contributed by atoms with Crippen LogP contribution in [0.3, 0.4) is 0 Å². The van der Waals surface area contributed by atoms with Gasteiger partial charge in [-0.1, -0.05) is 44.0 Å². The fourth-order valence-corrected chi connectivity index (χ4v) is 8.95. The van der Waals surface area contributed by atoms with E-state index in [0.29, 0.717) is 61.8 Å². The Hall–Kier alpha value is -4.05. The lowest BCUT2D eigenvalue weighted by Crippen LogP contribution is -2.58. The Balaban J connectivity index is 1.30. The largest absolute Gasteiger partial charge is 0.508 e. The number of pyridine rings is 1. The van der Waals surface area contributed by atoms with Crippen molar-refractivity contribution in [2.24, 2.45) is 11.3 Å². The molecule has 1 saturated heterocycles. The van der Waals surface area contributed by atoms with Crippen LogP contribution in [0, 0.1) is 17.2 Å². The predicted molar refractivity (Wildman–Crippen MR) is 183 cm³/mol. The van der Waals surface area contributed by atoms with Gasteiger partial charge in [0.2, 0.25) is 5.88 Å². The van der Waals surface area contributed by atoms with Crippen LogP contribution in [0.15, 0.2) is 43.0 Å². The van der Waals surface area contributed by atoms with Gasteiger partial charge >= 0.3 is 6.01 Å². The molecule has 252 valence electrons. The second kappa shape index (κ2) is 12.4. The Kier molecular flexibility index (Phi) is 8.09. The molecule has 2 saturated carbocycles. The summed E-state index contributed by atoms with van der Waals surface area (Å²) in [5.41, 5.74) is 1.32. The van der Waals surface area contributed by atoms with Gasteiger partial charge in [0.25, 0.3) is 0 Å². The average Bonchev–Trinajstić information content (AvgIpc) is 3.31. The van der Waals surface area contributed by atoms with E-state index in [1.165, 1.54) is 0 Å². The summed E-state index contributed by atoms with van der Waals surface area (Å²) in [7, 11) is 0. The van der Waals surface area contributed by atoms with E-state index in [9.17, 15) is 5.11 Å². The summed E-state index contributed by atoms with van der Waals surface area (Å²) < 4.78 is 45.0. The smallest absolute Gasteiger partial charge is 0.319 e. The number of hydrogen-bond acceptors (Lipinski definition) is 8. The lowest BCUT2D eigenvalue weighted by atomic mass is 9.74. The average molecular weight is 656 g/mol. The number of rotatable bonds is 7. The van der Waals surface area contributed by atoms with Crippen LogP contribution < -0.4 is 19.7 Å². The van der Waals surface area contributed by atoms with Gasteiger partial charge < -0.3 is 24.8 Å². The van der Waals surface area contributed by atoms with E-state index in [2.05, 4.69) is 16.8 Å². The van der Waals surface area contributed by atoms with Crippen LogP contribution in [0.2, 0.25) is 0 Å². The molecule has 2 aromatic carbocycles. The number of phenols is 1. The van der Waals surface area contributed by atoms with E-state index < -0.39 is 12.0 Å². The molecule has 1 unspecified atom stereocenters. The Labute approximate surface area is 279 Å². The number of piperazine rings is 1. The highest BCUT2D eigenvalue weighted by atomic mass is 19.1. The molecule has 2 aliphatic heterocycles. The van der Waals surface area contributed by atoms with Crippen LogP contribution in [0.25, 0.3) is 32.9 Å². The number of nitrogens with one attached hydrogen (secondary N) is 1. The van der Waals surface area contributed by atoms with Gasteiger partial charge in [-0.25, -0.2) is 13.8 Å². The fourth-order valence-electron chi connectivity index (χ4n) is 8.95. The number of aromatic hydroxyl groups is 1. The number of alkyl halides is 1. The third-order valence-electron chi connectivity index (χ3n) is 11.3. The molecular weight excluding hydrogens is 612 g/mol. The van der Waals surface area contributed by atoms with Crippen molar-refractivity contribution in [1.82, 2.24) is 20.3 Å². The summed E-state index contributed by atoms with van der Waals surface area (Å²) in [4.78, 5) is 16.7. The molecule has 4 aliphatic rings. The van der Waals surface area contributed by atoms with Gasteiger partial charge in [0.05, 0.1) is 12.6 Å². The van der Waals surface area contributed by atoms with Gasteiger partial charge in [0, 0.05) is 30.1 Å². The van der Waals surface area contributed by atoms with Crippen molar-refractivity contribution in [3.63, 3.8) is 0 Å². The zero-order valence-electron chi connectivity index (χ0n) is 27.5. The SMILES string of the molecule is C=CC[C@@H]1CN2c3nc(OC[C@]45CCCC4CCC[C@@H](F)C5)nc4c(F)c(-c5cc(O)cc6cccc(CC)c56)nc(c34)OC[C@@H]2CN1. The summed E-state index contributed by atoms with van der Waals surface area (Å²) in [6.07, 6.45) is 8.54. The van der Waals surface area contributed by atoms with Gasteiger partial charge in [0.1, 0.15) is 40.9 Å². The molecule has 0 radical (unpaired) electrons. The Morgan fingerprint density at radius 1 is 1.17 bits per heavy atom. The molecule has 5 atom stereocenters. The van der Waals surface area contributed by atoms with Gasteiger partial charge in [-0.2, -0.15) is 9.97 Å². The first kappa shape index (κ1) is 31.2. The lowest BCUT2D eigenvalue weighted by Gasteiger charge is -2.39. The van der Waals surface area contributed by atoms with Crippen molar-refractivity contribution >= 4 is 27.5 Å². The van der Waals surface area contributed by atoms with E-state index in [0.717, 1.165) is 61.3 Å². The van der Waals surface area contributed by atoms with Crippen molar-refractivity contribution in [2.75, 3.05) is 31.2 Å². The molecule has 4 aromatic rings. The molecule has 48 heavy (non-hydrogen) atoms. The minimum Gasteiger partial charge on any atom is -0.508 e. The van der Waals surface area contributed by atoms with Crippen LogP contribution in [-0.2, 0) is 6.42 Å². The van der Waals surface area contributed by atoms with Crippen molar-refractivity contribution in [3.05, 3.63) is 54.4 Å². The highest BCUT2D eigenvalue weighted by Gasteiger charge is 2.46. The molecule has 8 rings (SSSR count). The second-order valence-electron chi connectivity index (χ2n) is 14.2. The number of aryl methyl sites for hydroxylation is 1. The molecule has 0 spiro atoms. The number of phenolic OH excluding ortho intramolecular Hbond substituents is 1. The van der Waals surface area contributed by atoms with Crippen LogP contribution in [-0.4, -0.2) is 64.6 Å². The second-order valence-corrected chi connectivity index (χ2v) is 14.2. The van der Waals surface area contributed by atoms with E-state index in [1.807, 2.05) is 31.2 Å². The maximum atomic E-state index is 17.2. The summed E-state index contributed by atoms with van der Waals surface area (Å²) in [5.74, 6) is 0.567. The molecule has 3 fully saturated rings. The number of halogens is 2. The third-order valence-corrected chi connectivity index (χ3v) is 11.3. The summed E-state index contributed by atoms with van der Waals surface area (Å²) in [5, 5.41) is 16.4. The van der Waals surface area contributed by atoms with Crippen molar-refractivity contribution in [1.29, 1.82) is 0 Å². The number of nitrogens with zero attached hydrogens (tertiary/aromatic N) is 4. The topological polar surface area (TPSA) is 92.6 Å². The number of ether oxygens (including phenoxy) is 2. The Bertz CT molecular complexity index is 1890. The van der Waals surface area contributed by atoms with E-state index in [4.69, 9.17) is 24.4 Å². The molecule has 2 aliphatic carbocycles. The van der Waals surface area contributed by atoms with Gasteiger partial charge in [-0.15, -0.1) is 6.58 Å². The number of fused-ring (bicyclic) bond motifs is 4. The molecule has 2 aromatic heterocycles. The first-order valence-corrected chi connectivity index (χ1v) is 17.5. The molecule has 0 bridgehead atoms. The molecule has 2 N–H and O–H groups in total. The number of benzene rings is 2. The van der Waals surface area contributed by atoms with Crippen LogP contribution in [0.5, 0.6) is 17.6 Å². The van der Waals surface area contributed by atoms with E-state index >= 15 is 8.78 Å². The number of hydrogen-bond donors (Lipinski definition) is 2. The zero-order valence-corrected chi connectivity index (χ0v) is 27.5. The maximum absolute atomic E-state index is 17.2. The first-order valence-electron chi connectivity index (χ1n) is 17.5.